The van der Waals surface area contributed by atoms with E-state index in [1.807, 2.05) is 12.1 Å². The van der Waals surface area contributed by atoms with Crippen molar-refractivity contribution < 1.29 is 4.74 Å². The summed E-state index contributed by atoms with van der Waals surface area (Å²) in [6.07, 6.45) is 2.40. The molecule has 0 aliphatic carbocycles. The maximum absolute atomic E-state index is 5.28. The van der Waals surface area contributed by atoms with Crippen LogP contribution in [0.15, 0.2) is 54.6 Å². The van der Waals surface area contributed by atoms with Crippen molar-refractivity contribution in [3.63, 3.8) is 0 Å². The van der Waals surface area contributed by atoms with Gasteiger partial charge in [0.15, 0.2) is 0 Å². The number of methoxy groups -OCH3 is 1. The van der Waals surface area contributed by atoms with Crippen molar-refractivity contribution >= 4 is 5.69 Å². The molecular weight excluding hydrogens is 258 g/mol. The molecule has 1 saturated heterocycles. The lowest BCUT2D eigenvalue weighted by molar-refractivity contribution is 0.414. The van der Waals surface area contributed by atoms with E-state index in [4.69, 9.17) is 4.74 Å². The van der Waals surface area contributed by atoms with E-state index in [2.05, 4.69) is 61.2 Å². The van der Waals surface area contributed by atoms with Crippen LogP contribution in [-0.2, 0) is 0 Å². The molecule has 1 heterocycles. The van der Waals surface area contributed by atoms with Gasteiger partial charge in [-0.05, 0) is 56.5 Å². The molecule has 0 radical (unpaired) electrons. The largest absolute Gasteiger partial charge is 0.497 e. The number of rotatable bonds is 3. The van der Waals surface area contributed by atoms with Gasteiger partial charge in [-0.3, -0.25) is 0 Å². The molecule has 0 amide bonds. The molecule has 3 rings (SSSR count). The summed E-state index contributed by atoms with van der Waals surface area (Å²) >= 11 is 0. The predicted octanol–water partition coefficient (Wildman–Crippen LogP) is 4.82. The number of hydrogen-bond donors (Lipinski definition) is 0. The summed E-state index contributed by atoms with van der Waals surface area (Å²) in [7, 11) is 1.71. The van der Waals surface area contributed by atoms with Crippen LogP contribution in [-0.4, -0.2) is 12.6 Å². The fraction of sp³-hybridized carbons (Fsp3) is 0.368. The van der Waals surface area contributed by atoms with E-state index in [9.17, 15) is 0 Å². The average molecular weight is 281 g/mol. The van der Waals surface area contributed by atoms with Gasteiger partial charge >= 0.3 is 0 Å². The van der Waals surface area contributed by atoms with Gasteiger partial charge in [-0.25, -0.2) is 0 Å². The zero-order chi connectivity index (χ0) is 14.9. The lowest BCUT2D eigenvalue weighted by Gasteiger charge is -2.38. The van der Waals surface area contributed by atoms with E-state index >= 15 is 0 Å². The molecule has 1 aliphatic rings. The fourth-order valence-corrected chi connectivity index (χ4v) is 3.42. The van der Waals surface area contributed by atoms with E-state index in [1.54, 1.807) is 7.11 Å². The SMILES string of the molecule is COc1ccc(N2[C@H](c3ccccc3)CCC2(C)C)cc1. The first-order valence-electron chi connectivity index (χ1n) is 7.60. The zero-order valence-corrected chi connectivity index (χ0v) is 13.0. The molecule has 1 atom stereocenters. The van der Waals surface area contributed by atoms with Crippen molar-refractivity contribution in [3.05, 3.63) is 60.2 Å². The second kappa shape index (κ2) is 5.44. The first-order valence-corrected chi connectivity index (χ1v) is 7.60. The second-order valence-electron chi connectivity index (χ2n) is 6.35. The molecule has 2 aromatic rings. The molecule has 0 bridgehead atoms. The summed E-state index contributed by atoms with van der Waals surface area (Å²) in [6.45, 7) is 4.67. The van der Waals surface area contributed by atoms with Gasteiger partial charge in [0.05, 0.1) is 13.2 Å². The monoisotopic (exact) mass is 281 g/mol. The van der Waals surface area contributed by atoms with Gasteiger partial charge in [-0.1, -0.05) is 30.3 Å². The zero-order valence-electron chi connectivity index (χ0n) is 13.0. The fourth-order valence-electron chi connectivity index (χ4n) is 3.42. The summed E-state index contributed by atoms with van der Waals surface area (Å²) in [5.74, 6) is 0.909. The molecule has 2 aromatic carbocycles. The van der Waals surface area contributed by atoms with Gasteiger partial charge in [0.1, 0.15) is 5.75 Å². The van der Waals surface area contributed by atoms with Crippen molar-refractivity contribution in [2.45, 2.75) is 38.3 Å². The molecule has 0 saturated carbocycles. The lowest BCUT2D eigenvalue weighted by atomic mass is 10.0. The number of hydrogen-bond acceptors (Lipinski definition) is 2. The van der Waals surface area contributed by atoms with Gasteiger partial charge in [0.25, 0.3) is 0 Å². The Morgan fingerprint density at radius 2 is 1.67 bits per heavy atom. The van der Waals surface area contributed by atoms with E-state index in [0.29, 0.717) is 6.04 Å². The highest BCUT2D eigenvalue weighted by molar-refractivity contribution is 5.54. The molecule has 1 fully saturated rings. The molecule has 2 nitrogen and oxygen atoms in total. The van der Waals surface area contributed by atoms with Gasteiger partial charge in [0.2, 0.25) is 0 Å². The van der Waals surface area contributed by atoms with E-state index in [-0.39, 0.29) is 5.54 Å². The highest BCUT2D eigenvalue weighted by Gasteiger charge is 2.39. The Morgan fingerprint density at radius 3 is 2.29 bits per heavy atom. The Bertz CT molecular complexity index is 589. The van der Waals surface area contributed by atoms with Crippen molar-refractivity contribution in [2.75, 3.05) is 12.0 Å². The van der Waals surface area contributed by atoms with E-state index in [0.717, 1.165) is 5.75 Å². The first-order chi connectivity index (χ1) is 10.1. The summed E-state index contributed by atoms with van der Waals surface area (Å²) in [6, 6.07) is 19.7. The number of nitrogens with zero attached hydrogens (tertiary/aromatic N) is 1. The van der Waals surface area contributed by atoms with Gasteiger partial charge < -0.3 is 9.64 Å². The number of anilines is 1. The number of ether oxygens (including phenoxy) is 1. The Kier molecular flexibility index (Phi) is 3.62. The molecule has 1 aliphatic heterocycles. The Labute approximate surface area is 127 Å². The average Bonchev–Trinajstić information content (AvgIpc) is 2.84. The minimum atomic E-state index is 0.176. The Morgan fingerprint density at radius 1 is 1.00 bits per heavy atom. The smallest absolute Gasteiger partial charge is 0.119 e. The number of benzene rings is 2. The van der Waals surface area contributed by atoms with Gasteiger partial charge in [-0.15, -0.1) is 0 Å². The highest BCUT2D eigenvalue weighted by Crippen LogP contribution is 2.45. The third kappa shape index (κ3) is 2.63. The van der Waals surface area contributed by atoms with Crippen molar-refractivity contribution in [3.8, 4) is 5.75 Å². The van der Waals surface area contributed by atoms with Gasteiger partial charge in [-0.2, -0.15) is 0 Å². The predicted molar refractivity (Wildman–Crippen MR) is 88.0 cm³/mol. The third-order valence-electron chi connectivity index (χ3n) is 4.53. The lowest BCUT2D eigenvalue weighted by Crippen LogP contribution is -2.39. The van der Waals surface area contributed by atoms with Gasteiger partial charge in [0, 0.05) is 11.2 Å². The van der Waals surface area contributed by atoms with Crippen LogP contribution in [0.25, 0.3) is 0 Å². The van der Waals surface area contributed by atoms with Crippen LogP contribution in [0.3, 0.4) is 0 Å². The summed E-state index contributed by atoms with van der Waals surface area (Å²) in [5, 5.41) is 0. The van der Waals surface area contributed by atoms with Crippen LogP contribution in [0, 0.1) is 0 Å². The first kappa shape index (κ1) is 14.0. The molecule has 0 unspecified atom stereocenters. The topological polar surface area (TPSA) is 12.5 Å². The summed E-state index contributed by atoms with van der Waals surface area (Å²) in [4.78, 5) is 2.56. The molecule has 21 heavy (non-hydrogen) atoms. The van der Waals surface area contributed by atoms with Crippen molar-refractivity contribution in [2.24, 2.45) is 0 Å². The van der Waals surface area contributed by atoms with Crippen molar-refractivity contribution in [1.29, 1.82) is 0 Å². The van der Waals surface area contributed by atoms with Crippen LogP contribution in [0.5, 0.6) is 5.75 Å². The summed E-state index contributed by atoms with van der Waals surface area (Å²) in [5.41, 5.74) is 2.85. The standard InChI is InChI=1S/C19H23NO/c1-19(2)14-13-18(15-7-5-4-6-8-15)20(19)16-9-11-17(21-3)12-10-16/h4-12,18H,13-14H2,1-3H3/t18-/m0/s1. The molecule has 0 aromatic heterocycles. The van der Waals surface area contributed by atoms with E-state index < -0.39 is 0 Å². The third-order valence-corrected chi connectivity index (χ3v) is 4.53. The van der Waals surface area contributed by atoms with Crippen LogP contribution in [0.1, 0.15) is 38.3 Å². The maximum Gasteiger partial charge on any atom is 0.119 e. The van der Waals surface area contributed by atoms with Crippen molar-refractivity contribution in [1.82, 2.24) is 0 Å². The normalized spacial score (nSPS) is 20.5. The summed E-state index contributed by atoms with van der Waals surface area (Å²) < 4.78 is 5.28. The molecular formula is C19H23NO. The van der Waals surface area contributed by atoms with Crippen LogP contribution in [0.2, 0.25) is 0 Å². The minimum Gasteiger partial charge on any atom is -0.497 e. The maximum atomic E-state index is 5.28. The molecule has 0 N–H and O–H groups in total. The van der Waals surface area contributed by atoms with Crippen LogP contribution >= 0.6 is 0 Å². The highest BCUT2D eigenvalue weighted by atomic mass is 16.5. The quantitative estimate of drug-likeness (QED) is 0.800. The molecule has 2 heteroatoms. The Hall–Kier alpha value is -1.96. The van der Waals surface area contributed by atoms with Crippen LogP contribution in [0.4, 0.5) is 5.69 Å². The van der Waals surface area contributed by atoms with Crippen LogP contribution < -0.4 is 9.64 Å². The van der Waals surface area contributed by atoms with E-state index in [1.165, 1.54) is 24.1 Å². The Balaban J connectivity index is 1.98. The second-order valence-corrected chi connectivity index (χ2v) is 6.35. The molecule has 0 spiro atoms. The minimum absolute atomic E-state index is 0.176. The molecule has 110 valence electrons.